The first-order valence-electron chi connectivity index (χ1n) is 11.5. The summed E-state index contributed by atoms with van der Waals surface area (Å²) >= 11 is 0. The van der Waals surface area contributed by atoms with Gasteiger partial charge in [0.2, 0.25) is 0 Å². The first-order chi connectivity index (χ1) is 13.6. The molecule has 2 saturated heterocycles. The molecule has 0 radical (unpaired) electrons. The van der Waals surface area contributed by atoms with Gasteiger partial charge in [-0.1, -0.05) is 13.8 Å². The molecule has 0 aromatic rings. The van der Waals surface area contributed by atoms with Crippen LogP contribution < -0.4 is 5.32 Å². The number of rotatable bonds is 10. The minimum Gasteiger partial charge on any atom is -0.378 e. The van der Waals surface area contributed by atoms with Crippen LogP contribution in [0.1, 0.15) is 66.2 Å². The van der Waals surface area contributed by atoms with Gasteiger partial charge in [-0.3, -0.25) is 4.99 Å². The number of aliphatic imine (C=N–C) groups is 1. The lowest BCUT2D eigenvalue weighted by atomic mass is 10.0. The van der Waals surface area contributed by atoms with Gasteiger partial charge in [-0.2, -0.15) is 0 Å². The van der Waals surface area contributed by atoms with Crippen LogP contribution in [-0.2, 0) is 14.2 Å². The van der Waals surface area contributed by atoms with Crippen molar-refractivity contribution in [3.63, 3.8) is 0 Å². The predicted molar refractivity (Wildman–Crippen MR) is 115 cm³/mol. The van der Waals surface area contributed by atoms with E-state index in [2.05, 4.69) is 37.9 Å². The number of nitrogens with zero attached hydrogens (tertiary/aromatic N) is 2. The molecule has 0 saturated carbocycles. The Labute approximate surface area is 172 Å². The summed E-state index contributed by atoms with van der Waals surface area (Å²) in [6, 6.07) is 0. The van der Waals surface area contributed by atoms with Crippen LogP contribution in [0.5, 0.6) is 0 Å². The summed E-state index contributed by atoms with van der Waals surface area (Å²) in [5.74, 6) is 1.56. The maximum Gasteiger partial charge on any atom is 0.193 e. The van der Waals surface area contributed by atoms with Gasteiger partial charge in [-0.25, -0.2) is 0 Å². The third-order valence-electron chi connectivity index (χ3n) is 5.67. The zero-order valence-electron chi connectivity index (χ0n) is 18.6. The van der Waals surface area contributed by atoms with Crippen LogP contribution in [0, 0.1) is 5.92 Å². The van der Waals surface area contributed by atoms with E-state index in [0.29, 0.717) is 18.1 Å². The molecular formula is C22H43N3O3. The van der Waals surface area contributed by atoms with Crippen molar-refractivity contribution in [2.24, 2.45) is 10.9 Å². The zero-order chi connectivity index (χ0) is 20.2. The Kier molecular flexibility index (Phi) is 11.2. The highest BCUT2D eigenvalue weighted by Crippen LogP contribution is 2.18. The Hall–Kier alpha value is -0.850. The normalized spacial score (nSPS) is 23.2. The Bertz CT molecular complexity index is 431. The maximum absolute atomic E-state index is 6.15. The highest BCUT2D eigenvalue weighted by Gasteiger charge is 2.24. The van der Waals surface area contributed by atoms with Gasteiger partial charge in [-0.15, -0.1) is 0 Å². The fourth-order valence-corrected chi connectivity index (χ4v) is 3.96. The van der Waals surface area contributed by atoms with E-state index < -0.39 is 0 Å². The van der Waals surface area contributed by atoms with E-state index in [0.717, 1.165) is 77.6 Å². The topological polar surface area (TPSA) is 55.3 Å². The number of nitrogens with one attached hydrogen (secondary N) is 1. The van der Waals surface area contributed by atoms with E-state index >= 15 is 0 Å². The molecule has 28 heavy (non-hydrogen) atoms. The highest BCUT2D eigenvalue weighted by molar-refractivity contribution is 5.80. The molecular weight excluding hydrogens is 354 g/mol. The number of ether oxygens (including phenoxy) is 3. The first kappa shape index (κ1) is 23.4. The van der Waals surface area contributed by atoms with Gasteiger partial charge in [0.15, 0.2) is 5.96 Å². The minimum absolute atomic E-state index is 0.290. The van der Waals surface area contributed by atoms with Gasteiger partial charge < -0.3 is 24.4 Å². The van der Waals surface area contributed by atoms with Crippen molar-refractivity contribution in [3.8, 4) is 0 Å². The predicted octanol–water partition coefficient (Wildman–Crippen LogP) is 3.45. The van der Waals surface area contributed by atoms with E-state index in [1.54, 1.807) is 0 Å². The third kappa shape index (κ3) is 8.26. The first-order valence-corrected chi connectivity index (χ1v) is 11.5. The van der Waals surface area contributed by atoms with Crippen LogP contribution in [0.25, 0.3) is 0 Å². The second-order valence-electron chi connectivity index (χ2n) is 8.27. The molecule has 2 atom stereocenters. The fourth-order valence-electron chi connectivity index (χ4n) is 3.96. The molecule has 2 heterocycles. The molecule has 0 aromatic heterocycles. The van der Waals surface area contributed by atoms with Gasteiger partial charge >= 0.3 is 0 Å². The molecule has 6 heteroatoms. The molecule has 0 aliphatic carbocycles. The molecule has 1 N–H and O–H groups in total. The molecule has 2 unspecified atom stereocenters. The quantitative estimate of drug-likeness (QED) is 0.452. The molecule has 6 nitrogen and oxygen atoms in total. The van der Waals surface area contributed by atoms with E-state index in [-0.39, 0.29) is 6.10 Å². The Morgan fingerprint density at radius 3 is 2.57 bits per heavy atom. The van der Waals surface area contributed by atoms with Gasteiger partial charge in [0.25, 0.3) is 0 Å². The molecule has 0 amide bonds. The standard InChI is InChI=1S/C22H43N3O3/c1-5-23-22(24-13-10-21(18(3)4)26-6-2)25-14-11-19(12-15-25)28-17-20-9-7-8-16-27-20/h18-21H,5-17H2,1-4H3,(H,23,24). The van der Waals surface area contributed by atoms with Crippen LogP contribution in [0.2, 0.25) is 0 Å². The number of hydrogen-bond donors (Lipinski definition) is 1. The van der Waals surface area contributed by atoms with E-state index in [1.165, 1.54) is 12.8 Å². The van der Waals surface area contributed by atoms with Gasteiger partial charge in [0.1, 0.15) is 0 Å². The van der Waals surface area contributed by atoms with Crippen molar-refractivity contribution in [2.75, 3.05) is 46.0 Å². The second kappa shape index (κ2) is 13.4. The fraction of sp³-hybridized carbons (Fsp3) is 0.955. The van der Waals surface area contributed by atoms with Crippen molar-refractivity contribution < 1.29 is 14.2 Å². The van der Waals surface area contributed by atoms with Crippen LogP contribution >= 0.6 is 0 Å². The summed E-state index contributed by atoms with van der Waals surface area (Å²) in [7, 11) is 0. The van der Waals surface area contributed by atoms with E-state index in [9.17, 15) is 0 Å². The van der Waals surface area contributed by atoms with E-state index in [1.807, 2.05) is 0 Å². The maximum atomic E-state index is 6.15. The molecule has 0 spiro atoms. The Morgan fingerprint density at radius 2 is 1.96 bits per heavy atom. The van der Waals surface area contributed by atoms with Crippen LogP contribution in [0.15, 0.2) is 4.99 Å². The van der Waals surface area contributed by atoms with Gasteiger partial charge in [0, 0.05) is 39.4 Å². The van der Waals surface area contributed by atoms with Crippen LogP contribution in [0.4, 0.5) is 0 Å². The molecule has 2 fully saturated rings. The average Bonchev–Trinajstić information content (AvgIpc) is 2.72. The van der Waals surface area contributed by atoms with Crippen molar-refractivity contribution in [1.82, 2.24) is 10.2 Å². The Balaban J connectivity index is 1.74. The SMILES string of the molecule is CCNC(=NCCC(OCC)C(C)C)N1CCC(OCC2CCCCO2)CC1. The van der Waals surface area contributed by atoms with Crippen molar-refractivity contribution in [2.45, 2.75) is 84.5 Å². The summed E-state index contributed by atoms with van der Waals surface area (Å²) in [5.41, 5.74) is 0. The lowest BCUT2D eigenvalue weighted by molar-refractivity contribution is -0.0721. The lowest BCUT2D eigenvalue weighted by Gasteiger charge is -2.35. The number of guanidine groups is 1. The molecule has 2 aliphatic rings. The smallest absolute Gasteiger partial charge is 0.193 e. The number of likely N-dealkylation sites (tertiary alicyclic amines) is 1. The minimum atomic E-state index is 0.290. The summed E-state index contributed by atoms with van der Waals surface area (Å²) in [4.78, 5) is 7.26. The lowest BCUT2D eigenvalue weighted by Crippen LogP contribution is -2.47. The summed E-state index contributed by atoms with van der Waals surface area (Å²) < 4.78 is 17.8. The average molecular weight is 398 g/mol. The van der Waals surface area contributed by atoms with Crippen molar-refractivity contribution >= 4 is 5.96 Å². The summed E-state index contributed by atoms with van der Waals surface area (Å²) in [6.07, 6.45) is 7.67. The van der Waals surface area contributed by atoms with Crippen molar-refractivity contribution in [3.05, 3.63) is 0 Å². The molecule has 0 aromatic carbocycles. The summed E-state index contributed by atoms with van der Waals surface area (Å²) in [6.45, 7) is 14.8. The molecule has 2 aliphatic heterocycles. The monoisotopic (exact) mass is 397 g/mol. The third-order valence-corrected chi connectivity index (χ3v) is 5.67. The van der Waals surface area contributed by atoms with Crippen molar-refractivity contribution in [1.29, 1.82) is 0 Å². The molecule has 2 rings (SSSR count). The number of piperidine rings is 1. The zero-order valence-corrected chi connectivity index (χ0v) is 18.6. The largest absolute Gasteiger partial charge is 0.378 e. The molecule has 0 bridgehead atoms. The molecule has 164 valence electrons. The van der Waals surface area contributed by atoms with Crippen LogP contribution in [0.3, 0.4) is 0 Å². The van der Waals surface area contributed by atoms with E-state index in [4.69, 9.17) is 19.2 Å². The van der Waals surface area contributed by atoms with Crippen LogP contribution in [-0.4, -0.2) is 75.2 Å². The number of hydrogen-bond acceptors (Lipinski definition) is 4. The van der Waals surface area contributed by atoms with Gasteiger partial charge in [-0.05, 0) is 58.3 Å². The second-order valence-corrected chi connectivity index (χ2v) is 8.27. The summed E-state index contributed by atoms with van der Waals surface area (Å²) in [5, 5.41) is 3.46. The Morgan fingerprint density at radius 1 is 1.18 bits per heavy atom. The highest BCUT2D eigenvalue weighted by atomic mass is 16.5. The van der Waals surface area contributed by atoms with Gasteiger partial charge in [0.05, 0.1) is 24.9 Å².